The van der Waals surface area contributed by atoms with E-state index >= 15 is 0 Å². The molecule has 8 heteroatoms. The second kappa shape index (κ2) is 12.4. The lowest BCUT2D eigenvalue weighted by atomic mass is 10.3. The molecular weight excluding hydrogens is 450 g/mol. The van der Waals surface area contributed by atoms with Crippen LogP contribution in [0.25, 0.3) is 11.2 Å². The van der Waals surface area contributed by atoms with Crippen LogP contribution in [0.1, 0.15) is 46.6 Å². The third kappa shape index (κ3) is 6.51. The number of hydrogen-bond acceptors (Lipinski definition) is 7. The maximum atomic E-state index is 5.97. The monoisotopic (exact) mass is 487 g/mol. The summed E-state index contributed by atoms with van der Waals surface area (Å²) < 4.78 is 8.06. The van der Waals surface area contributed by atoms with Crippen molar-refractivity contribution in [1.82, 2.24) is 24.4 Å². The summed E-state index contributed by atoms with van der Waals surface area (Å²) in [5.74, 6) is 2.13. The first kappa shape index (κ1) is 25.4. The fraction of sp³-hybridized carbons (Fsp3) is 0.393. The number of hydrogen-bond donors (Lipinski definition) is 2. The summed E-state index contributed by atoms with van der Waals surface area (Å²) in [5, 5.41) is 6.71. The topological polar surface area (TPSA) is 80.1 Å². The van der Waals surface area contributed by atoms with Crippen LogP contribution in [-0.4, -0.2) is 50.7 Å². The van der Waals surface area contributed by atoms with Crippen LogP contribution in [0, 0.1) is 0 Å². The van der Waals surface area contributed by atoms with Crippen molar-refractivity contribution in [1.29, 1.82) is 0 Å². The number of para-hydroxylation sites is 1. The molecule has 190 valence electrons. The largest absolute Gasteiger partial charge is 0.492 e. The Balaban J connectivity index is 1.43. The van der Waals surface area contributed by atoms with Gasteiger partial charge in [-0.2, -0.15) is 4.98 Å². The molecule has 0 atom stereocenters. The van der Waals surface area contributed by atoms with Crippen molar-refractivity contribution in [2.75, 3.05) is 36.9 Å². The molecule has 0 fully saturated rings. The van der Waals surface area contributed by atoms with Crippen molar-refractivity contribution >= 4 is 34.4 Å². The summed E-state index contributed by atoms with van der Waals surface area (Å²) in [4.78, 5) is 16.5. The van der Waals surface area contributed by atoms with E-state index < -0.39 is 0 Å². The van der Waals surface area contributed by atoms with Crippen LogP contribution in [0.15, 0.2) is 60.8 Å². The van der Waals surface area contributed by atoms with E-state index in [9.17, 15) is 0 Å². The number of imidazole rings is 1. The molecule has 2 aromatic carbocycles. The maximum absolute atomic E-state index is 5.97. The number of rotatable bonds is 13. The van der Waals surface area contributed by atoms with Gasteiger partial charge in [-0.15, -0.1) is 0 Å². The third-order valence-electron chi connectivity index (χ3n) is 5.85. The quantitative estimate of drug-likeness (QED) is 0.226. The smallest absolute Gasteiger partial charge is 0.229 e. The van der Waals surface area contributed by atoms with Crippen LogP contribution < -0.4 is 15.4 Å². The summed E-state index contributed by atoms with van der Waals surface area (Å²) in [6.07, 6.45) is 4.09. The second-order valence-corrected chi connectivity index (χ2v) is 9.13. The van der Waals surface area contributed by atoms with Gasteiger partial charge in [0.25, 0.3) is 0 Å². The van der Waals surface area contributed by atoms with E-state index in [0.717, 1.165) is 66.7 Å². The Morgan fingerprint density at radius 3 is 2.22 bits per heavy atom. The standard InChI is InChI=1S/C28H37N7O/c1-5-16-34(17-6-2)18-19-36-24-14-12-23(13-15-24)30-27-29-20-25-26(33-27)35(21(3)4)28(32-25)31-22-10-8-7-9-11-22/h7-15,20-21H,5-6,16-19H2,1-4H3,(H,31,32)(H,29,30,33). The second-order valence-electron chi connectivity index (χ2n) is 9.13. The third-order valence-corrected chi connectivity index (χ3v) is 5.85. The van der Waals surface area contributed by atoms with E-state index in [4.69, 9.17) is 14.7 Å². The van der Waals surface area contributed by atoms with Gasteiger partial charge in [0.1, 0.15) is 17.9 Å². The normalized spacial score (nSPS) is 11.4. The predicted molar refractivity (Wildman–Crippen MR) is 148 cm³/mol. The van der Waals surface area contributed by atoms with E-state index in [-0.39, 0.29) is 6.04 Å². The van der Waals surface area contributed by atoms with E-state index in [0.29, 0.717) is 12.6 Å². The first-order chi connectivity index (χ1) is 17.6. The number of aromatic nitrogens is 4. The summed E-state index contributed by atoms with van der Waals surface area (Å²) in [6, 6.07) is 18.1. The predicted octanol–water partition coefficient (Wildman–Crippen LogP) is 6.40. The molecule has 0 spiro atoms. The highest BCUT2D eigenvalue weighted by molar-refractivity contribution is 5.77. The molecule has 0 aliphatic carbocycles. The van der Waals surface area contributed by atoms with Crippen LogP contribution in [0.5, 0.6) is 5.75 Å². The molecular formula is C28H37N7O. The van der Waals surface area contributed by atoms with Gasteiger partial charge < -0.3 is 15.4 Å². The fourth-order valence-corrected chi connectivity index (χ4v) is 4.20. The van der Waals surface area contributed by atoms with Crippen LogP contribution in [0.3, 0.4) is 0 Å². The van der Waals surface area contributed by atoms with E-state index in [1.54, 1.807) is 6.20 Å². The number of nitrogens with one attached hydrogen (secondary N) is 2. The number of anilines is 4. The number of nitrogens with zero attached hydrogens (tertiary/aromatic N) is 5. The zero-order valence-corrected chi connectivity index (χ0v) is 21.7. The van der Waals surface area contributed by atoms with Gasteiger partial charge in [0.2, 0.25) is 11.9 Å². The highest BCUT2D eigenvalue weighted by Gasteiger charge is 2.16. The SMILES string of the molecule is CCCN(CCC)CCOc1ccc(Nc2ncc3nc(Nc4ccccc4)n(C(C)C)c3n2)cc1. The van der Waals surface area contributed by atoms with Crippen LogP contribution in [0.2, 0.25) is 0 Å². The van der Waals surface area contributed by atoms with Crippen molar-refractivity contribution in [3.63, 3.8) is 0 Å². The first-order valence-corrected chi connectivity index (χ1v) is 12.9. The van der Waals surface area contributed by atoms with Crippen molar-refractivity contribution < 1.29 is 4.74 Å². The minimum absolute atomic E-state index is 0.172. The van der Waals surface area contributed by atoms with E-state index in [1.807, 2.05) is 54.6 Å². The minimum Gasteiger partial charge on any atom is -0.492 e. The molecule has 4 aromatic rings. The van der Waals surface area contributed by atoms with Crippen LogP contribution in [0.4, 0.5) is 23.3 Å². The zero-order chi connectivity index (χ0) is 25.3. The molecule has 0 saturated heterocycles. The Morgan fingerprint density at radius 1 is 0.861 bits per heavy atom. The van der Waals surface area contributed by atoms with Gasteiger partial charge in [-0.05, 0) is 76.2 Å². The van der Waals surface area contributed by atoms with Gasteiger partial charge in [-0.1, -0.05) is 32.0 Å². The molecule has 4 rings (SSSR count). The Kier molecular flexibility index (Phi) is 8.73. The molecule has 2 heterocycles. The average Bonchev–Trinajstić information content (AvgIpc) is 3.23. The van der Waals surface area contributed by atoms with Crippen LogP contribution >= 0.6 is 0 Å². The van der Waals surface area contributed by atoms with E-state index in [2.05, 4.69) is 52.8 Å². The van der Waals surface area contributed by atoms with Crippen molar-refractivity contribution in [2.24, 2.45) is 0 Å². The molecule has 36 heavy (non-hydrogen) atoms. The lowest BCUT2D eigenvalue weighted by molar-refractivity contribution is 0.209. The first-order valence-electron chi connectivity index (χ1n) is 12.9. The molecule has 0 saturated carbocycles. The molecule has 0 amide bonds. The van der Waals surface area contributed by atoms with Gasteiger partial charge in [0.05, 0.1) is 6.20 Å². The molecule has 0 bridgehead atoms. The summed E-state index contributed by atoms with van der Waals surface area (Å²) >= 11 is 0. The van der Waals surface area contributed by atoms with Gasteiger partial charge in [0.15, 0.2) is 5.65 Å². The van der Waals surface area contributed by atoms with Crippen molar-refractivity contribution in [2.45, 2.75) is 46.6 Å². The van der Waals surface area contributed by atoms with Crippen LogP contribution in [-0.2, 0) is 0 Å². The Hall–Kier alpha value is -3.65. The molecule has 2 N–H and O–H groups in total. The lowest BCUT2D eigenvalue weighted by Crippen LogP contribution is -2.30. The Bertz CT molecular complexity index is 1220. The lowest BCUT2D eigenvalue weighted by Gasteiger charge is -2.20. The van der Waals surface area contributed by atoms with Gasteiger partial charge in [0, 0.05) is 24.0 Å². The molecule has 2 aromatic heterocycles. The maximum Gasteiger partial charge on any atom is 0.229 e. The summed E-state index contributed by atoms with van der Waals surface area (Å²) in [7, 11) is 0. The highest BCUT2D eigenvalue weighted by atomic mass is 16.5. The highest BCUT2D eigenvalue weighted by Crippen LogP contribution is 2.27. The molecule has 0 radical (unpaired) electrons. The number of fused-ring (bicyclic) bond motifs is 1. The Labute approximate surface area is 213 Å². The Morgan fingerprint density at radius 2 is 1.56 bits per heavy atom. The number of ether oxygens (including phenoxy) is 1. The summed E-state index contributed by atoms with van der Waals surface area (Å²) in [6.45, 7) is 12.5. The van der Waals surface area contributed by atoms with Gasteiger partial charge in [-0.25, -0.2) is 9.97 Å². The summed E-state index contributed by atoms with van der Waals surface area (Å²) in [5.41, 5.74) is 3.41. The molecule has 0 aliphatic rings. The average molecular weight is 488 g/mol. The zero-order valence-electron chi connectivity index (χ0n) is 21.7. The molecule has 8 nitrogen and oxygen atoms in total. The molecule has 0 unspecified atom stereocenters. The molecule has 0 aliphatic heterocycles. The van der Waals surface area contributed by atoms with Gasteiger partial charge >= 0.3 is 0 Å². The van der Waals surface area contributed by atoms with Crippen molar-refractivity contribution in [3.05, 3.63) is 60.8 Å². The van der Waals surface area contributed by atoms with E-state index in [1.165, 1.54) is 0 Å². The fourth-order valence-electron chi connectivity index (χ4n) is 4.20. The van der Waals surface area contributed by atoms with Crippen molar-refractivity contribution in [3.8, 4) is 5.75 Å². The van der Waals surface area contributed by atoms with Gasteiger partial charge in [-0.3, -0.25) is 9.47 Å². The minimum atomic E-state index is 0.172. The number of benzene rings is 2.